The third kappa shape index (κ3) is 3.62. The number of carbonyl (C=O) groups excluding carboxylic acids is 1. The number of aryl methyl sites for hydroxylation is 1. The average molecular weight is 288 g/mol. The van der Waals surface area contributed by atoms with Crippen molar-refractivity contribution in [1.29, 1.82) is 0 Å². The molecule has 0 aliphatic rings. The molecule has 2 rings (SSSR count). The molecule has 0 saturated carbocycles. The van der Waals surface area contributed by atoms with Crippen LogP contribution in [0.5, 0.6) is 0 Å². The zero-order valence-corrected chi connectivity index (χ0v) is 11.8. The van der Waals surface area contributed by atoms with Gasteiger partial charge in [-0.2, -0.15) is 0 Å². The number of urea groups is 1. The first-order chi connectivity index (χ1) is 9.97. The van der Waals surface area contributed by atoms with Gasteiger partial charge in [-0.05, 0) is 31.2 Å². The number of nitrogens with one attached hydrogen (secondary N) is 1. The smallest absolute Gasteiger partial charge is 0.337 e. The van der Waals surface area contributed by atoms with E-state index in [1.807, 2.05) is 0 Å². The van der Waals surface area contributed by atoms with Gasteiger partial charge < -0.3 is 19.7 Å². The van der Waals surface area contributed by atoms with Gasteiger partial charge in [0, 0.05) is 7.05 Å². The van der Waals surface area contributed by atoms with E-state index in [-0.39, 0.29) is 11.3 Å². The lowest BCUT2D eigenvalue weighted by molar-refractivity contribution is 0.0698. The number of amides is 2. The van der Waals surface area contributed by atoms with Crippen molar-refractivity contribution < 1.29 is 19.1 Å². The monoisotopic (exact) mass is 288 g/mol. The topological polar surface area (TPSA) is 82.8 Å². The Morgan fingerprint density at radius 1 is 1.33 bits per heavy atom. The lowest BCUT2D eigenvalue weighted by Crippen LogP contribution is -2.31. The first-order valence-electron chi connectivity index (χ1n) is 6.36. The summed E-state index contributed by atoms with van der Waals surface area (Å²) >= 11 is 0. The average Bonchev–Trinajstić information content (AvgIpc) is 2.93. The van der Waals surface area contributed by atoms with Crippen LogP contribution in [-0.4, -0.2) is 29.1 Å². The number of anilines is 1. The fourth-order valence-corrected chi connectivity index (χ4v) is 1.86. The second kappa shape index (κ2) is 6.13. The molecule has 0 saturated heterocycles. The van der Waals surface area contributed by atoms with Crippen LogP contribution in [0.15, 0.2) is 41.0 Å². The molecule has 0 aliphatic heterocycles. The summed E-state index contributed by atoms with van der Waals surface area (Å²) in [5, 5.41) is 11.8. The van der Waals surface area contributed by atoms with E-state index in [0.717, 1.165) is 5.56 Å². The number of rotatable bonds is 4. The van der Waals surface area contributed by atoms with Gasteiger partial charge >= 0.3 is 12.0 Å². The van der Waals surface area contributed by atoms with Crippen molar-refractivity contribution in [2.45, 2.75) is 13.5 Å². The van der Waals surface area contributed by atoms with Gasteiger partial charge in [0.25, 0.3) is 0 Å². The van der Waals surface area contributed by atoms with Crippen molar-refractivity contribution in [2.24, 2.45) is 0 Å². The summed E-state index contributed by atoms with van der Waals surface area (Å²) in [7, 11) is 1.60. The lowest BCUT2D eigenvalue weighted by atomic mass is 10.1. The standard InChI is InChI=1S/C15H16N2O4/c1-10-5-6-13(12(8-10)14(18)19)16-15(20)17(2)9-11-4-3-7-21-11/h3-8H,9H2,1-2H3,(H,16,20)(H,18,19). The molecule has 2 aromatic rings. The van der Waals surface area contributed by atoms with Crippen LogP contribution in [-0.2, 0) is 6.54 Å². The van der Waals surface area contributed by atoms with Crippen molar-refractivity contribution in [3.8, 4) is 0 Å². The first kappa shape index (κ1) is 14.6. The largest absolute Gasteiger partial charge is 0.478 e. The van der Waals surface area contributed by atoms with E-state index in [1.54, 1.807) is 38.2 Å². The quantitative estimate of drug-likeness (QED) is 0.906. The van der Waals surface area contributed by atoms with Crippen molar-refractivity contribution in [3.63, 3.8) is 0 Å². The van der Waals surface area contributed by atoms with Gasteiger partial charge in [0.15, 0.2) is 0 Å². The number of nitrogens with zero attached hydrogens (tertiary/aromatic N) is 1. The zero-order valence-electron chi connectivity index (χ0n) is 11.8. The van der Waals surface area contributed by atoms with Crippen molar-refractivity contribution in [3.05, 3.63) is 53.5 Å². The third-order valence-corrected chi connectivity index (χ3v) is 2.97. The normalized spacial score (nSPS) is 10.2. The molecule has 1 aromatic heterocycles. The van der Waals surface area contributed by atoms with Gasteiger partial charge in [0.2, 0.25) is 0 Å². The molecular weight excluding hydrogens is 272 g/mol. The maximum atomic E-state index is 12.1. The summed E-state index contributed by atoms with van der Waals surface area (Å²) in [4.78, 5) is 24.7. The summed E-state index contributed by atoms with van der Waals surface area (Å²) in [6.45, 7) is 2.09. The van der Waals surface area contributed by atoms with Crippen LogP contribution in [0.4, 0.5) is 10.5 Å². The molecular formula is C15H16N2O4. The van der Waals surface area contributed by atoms with Gasteiger partial charge in [-0.25, -0.2) is 9.59 Å². The maximum Gasteiger partial charge on any atom is 0.337 e. The number of hydrogen-bond acceptors (Lipinski definition) is 3. The molecule has 1 aromatic carbocycles. The Hall–Kier alpha value is -2.76. The van der Waals surface area contributed by atoms with Crippen LogP contribution >= 0.6 is 0 Å². The van der Waals surface area contributed by atoms with Crippen LogP contribution in [0.25, 0.3) is 0 Å². The Labute approximate surface area is 122 Å². The minimum Gasteiger partial charge on any atom is -0.478 e. The summed E-state index contributed by atoms with van der Waals surface area (Å²) in [5.74, 6) is -0.433. The number of carboxylic acid groups (broad SMARTS) is 1. The van der Waals surface area contributed by atoms with Crippen LogP contribution in [0, 0.1) is 6.92 Å². The molecule has 0 unspecified atom stereocenters. The van der Waals surface area contributed by atoms with Crippen LogP contribution in [0.1, 0.15) is 21.7 Å². The van der Waals surface area contributed by atoms with E-state index < -0.39 is 12.0 Å². The molecule has 21 heavy (non-hydrogen) atoms. The predicted molar refractivity (Wildman–Crippen MR) is 77.3 cm³/mol. The Kier molecular flexibility index (Phi) is 4.27. The Bertz CT molecular complexity index is 650. The maximum absolute atomic E-state index is 12.1. The number of hydrogen-bond donors (Lipinski definition) is 2. The number of furan rings is 1. The fraction of sp³-hybridized carbons (Fsp3) is 0.200. The minimum absolute atomic E-state index is 0.0646. The van der Waals surface area contributed by atoms with Crippen LogP contribution < -0.4 is 5.32 Å². The Balaban J connectivity index is 2.10. The number of carbonyl (C=O) groups is 2. The number of benzene rings is 1. The van der Waals surface area contributed by atoms with Gasteiger partial charge in [0.1, 0.15) is 5.76 Å². The van der Waals surface area contributed by atoms with E-state index >= 15 is 0 Å². The van der Waals surface area contributed by atoms with Crippen LogP contribution in [0.3, 0.4) is 0 Å². The first-order valence-corrected chi connectivity index (χ1v) is 6.36. The lowest BCUT2D eigenvalue weighted by Gasteiger charge is -2.17. The highest BCUT2D eigenvalue weighted by atomic mass is 16.4. The number of carboxylic acids is 1. The second-order valence-corrected chi connectivity index (χ2v) is 4.72. The summed E-state index contributed by atoms with van der Waals surface area (Å²) < 4.78 is 5.17. The molecule has 2 N–H and O–H groups in total. The molecule has 0 aliphatic carbocycles. The minimum atomic E-state index is -1.08. The summed E-state index contributed by atoms with van der Waals surface area (Å²) in [6, 6.07) is 7.94. The van der Waals surface area contributed by atoms with Gasteiger partial charge in [0.05, 0.1) is 24.1 Å². The highest BCUT2D eigenvalue weighted by molar-refractivity contribution is 6.00. The highest BCUT2D eigenvalue weighted by Crippen LogP contribution is 2.18. The summed E-state index contributed by atoms with van der Waals surface area (Å²) in [6.07, 6.45) is 1.53. The molecule has 110 valence electrons. The van der Waals surface area contributed by atoms with E-state index in [4.69, 9.17) is 9.52 Å². The molecule has 0 radical (unpaired) electrons. The molecule has 6 heteroatoms. The molecule has 0 fully saturated rings. The van der Waals surface area contributed by atoms with Gasteiger partial charge in [-0.1, -0.05) is 11.6 Å². The molecule has 1 heterocycles. The summed E-state index contributed by atoms with van der Waals surface area (Å²) in [5.41, 5.74) is 1.15. The molecule has 0 atom stereocenters. The van der Waals surface area contributed by atoms with Crippen molar-refractivity contribution >= 4 is 17.7 Å². The number of aromatic carboxylic acids is 1. The zero-order chi connectivity index (χ0) is 15.4. The molecule has 2 amide bonds. The molecule has 6 nitrogen and oxygen atoms in total. The predicted octanol–water partition coefficient (Wildman–Crippen LogP) is 2.95. The third-order valence-electron chi connectivity index (χ3n) is 2.97. The van der Waals surface area contributed by atoms with Crippen molar-refractivity contribution in [2.75, 3.05) is 12.4 Å². The Morgan fingerprint density at radius 3 is 2.71 bits per heavy atom. The SMILES string of the molecule is Cc1ccc(NC(=O)N(C)Cc2ccco2)c(C(=O)O)c1. The fourth-order valence-electron chi connectivity index (χ4n) is 1.86. The van der Waals surface area contributed by atoms with Crippen molar-refractivity contribution in [1.82, 2.24) is 4.90 Å². The highest BCUT2D eigenvalue weighted by Gasteiger charge is 2.15. The van der Waals surface area contributed by atoms with E-state index in [0.29, 0.717) is 12.3 Å². The van der Waals surface area contributed by atoms with E-state index in [2.05, 4.69) is 5.32 Å². The molecule has 0 spiro atoms. The second-order valence-electron chi connectivity index (χ2n) is 4.72. The van der Waals surface area contributed by atoms with E-state index in [9.17, 15) is 9.59 Å². The van der Waals surface area contributed by atoms with Gasteiger partial charge in [-0.15, -0.1) is 0 Å². The van der Waals surface area contributed by atoms with Crippen LogP contribution in [0.2, 0.25) is 0 Å². The van der Waals surface area contributed by atoms with Gasteiger partial charge in [-0.3, -0.25) is 0 Å². The Morgan fingerprint density at radius 2 is 2.10 bits per heavy atom. The molecule has 0 bridgehead atoms. The van der Waals surface area contributed by atoms with E-state index in [1.165, 1.54) is 17.2 Å².